The third-order valence-electron chi connectivity index (χ3n) is 4.94. The Balaban J connectivity index is 1.73. The Morgan fingerprint density at radius 3 is 2.62 bits per heavy atom. The van der Waals surface area contributed by atoms with Crippen molar-refractivity contribution in [2.75, 3.05) is 5.73 Å². The van der Waals surface area contributed by atoms with Gasteiger partial charge in [-0.2, -0.15) is 0 Å². The molecule has 0 radical (unpaired) electrons. The summed E-state index contributed by atoms with van der Waals surface area (Å²) in [5.74, 6) is -0.941. The molecule has 2 aromatic carbocycles. The van der Waals surface area contributed by atoms with Gasteiger partial charge in [-0.15, -0.1) is 0 Å². The molecule has 3 N–H and O–H groups in total. The Kier molecular flexibility index (Phi) is 3.44. The number of oxazole rings is 1. The Morgan fingerprint density at radius 1 is 1.03 bits per heavy atom. The highest BCUT2D eigenvalue weighted by atomic mass is 16.3. The molecule has 0 spiro atoms. The van der Waals surface area contributed by atoms with Crippen LogP contribution in [0.15, 0.2) is 57.7 Å². The molecule has 142 valence electrons. The van der Waals surface area contributed by atoms with Gasteiger partial charge < -0.3 is 10.2 Å². The zero-order chi connectivity index (χ0) is 20.3. The number of imide groups is 1. The molecule has 1 aliphatic heterocycles. The standard InChI is InChI=1S/C21H14N4O4/c1-10-6-7-11(21-23-13-4-2-3-5-15(13)29-21)8-14(10)25-16(26)9-12-17(18(25)22)20(28)24-19(12)27/h2-9H,22H2,1H3,(H,24,27,28). The van der Waals surface area contributed by atoms with Crippen LogP contribution in [0.1, 0.15) is 26.3 Å². The number of benzene rings is 2. The summed E-state index contributed by atoms with van der Waals surface area (Å²) in [6.45, 7) is 1.81. The van der Waals surface area contributed by atoms with Crippen molar-refractivity contribution >= 4 is 28.7 Å². The first-order chi connectivity index (χ1) is 13.9. The van der Waals surface area contributed by atoms with Crippen LogP contribution < -0.4 is 16.6 Å². The lowest BCUT2D eigenvalue weighted by atomic mass is 10.1. The smallest absolute Gasteiger partial charge is 0.262 e. The van der Waals surface area contributed by atoms with Gasteiger partial charge in [0.25, 0.3) is 17.4 Å². The summed E-state index contributed by atoms with van der Waals surface area (Å²) in [4.78, 5) is 41.2. The Morgan fingerprint density at radius 2 is 1.83 bits per heavy atom. The van der Waals surface area contributed by atoms with Gasteiger partial charge in [0.15, 0.2) is 5.58 Å². The van der Waals surface area contributed by atoms with E-state index in [1.54, 1.807) is 6.07 Å². The van der Waals surface area contributed by atoms with Gasteiger partial charge in [0.05, 0.1) is 16.8 Å². The van der Waals surface area contributed by atoms with Crippen LogP contribution in [0.2, 0.25) is 0 Å². The zero-order valence-corrected chi connectivity index (χ0v) is 15.2. The van der Waals surface area contributed by atoms with Gasteiger partial charge in [0, 0.05) is 11.6 Å². The van der Waals surface area contributed by atoms with Crippen LogP contribution in [0, 0.1) is 6.92 Å². The first-order valence-electron chi connectivity index (χ1n) is 8.82. The molecule has 2 amide bonds. The minimum Gasteiger partial charge on any atom is -0.436 e. The van der Waals surface area contributed by atoms with E-state index in [2.05, 4.69) is 10.3 Å². The van der Waals surface area contributed by atoms with E-state index in [1.807, 2.05) is 43.3 Å². The Hall–Kier alpha value is -4.20. The number of hydrogen-bond acceptors (Lipinski definition) is 6. The number of nitrogens with two attached hydrogens (primary N) is 1. The second kappa shape index (κ2) is 5.90. The fourth-order valence-electron chi connectivity index (χ4n) is 3.51. The summed E-state index contributed by atoms with van der Waals surface area (Å²) in [7, 11) is 0. The number of carbonyl (C=O) groups excluding carboxylic acids is 2. The van der Waals surface area contributed by atoms with Crippen LogP contribution in [0.4, 0.5) is 5.82 Å². The number of rotatable bonds is 2. The van der Waals surface area contributed by atoms with Crippen LogP contribution in [-0.4, -0.2) is 21.4 Å². The molecule has 0 saturated carbocycles. The lowest BCUT2D eigenvalue weighted by molar-refractivity contribution is 0.0880. The summed E-state index contributed by atoms with van der Waals surface area (Å²) < 4.78 is 7.03. The highest BCUT2D eigenvalue weighted by molar-refractivity contribution is 6.23. The number of amides is 2. The van der Waals surface area contributed by atoms with Gasteiger partial charge in [-0.25, -0.2) is 4.98 Å². The van der Waals surface area contributed by atoms with Crippen molar-refractivity contribution in [3.8, 4) is 17.1 Å². The molecule has 8 nitrogen and oxygen atoms in total. The monoisotopic (exact) mass is 386 g/mol. The third kappa shape index (κ3) is 2.46. The molecule has 3 heterocycles. The topological polar surface area (TPSA) is 120 Å². The maximum absolute atomic E-state index is 12.7. The lowest BCUT2D eigenvalue weighted by Crippen LogP contribution is -2.24. The number of carbonyl (C=O) groups is 2. The Labute approximate surface area is 163 Å². The molecule has 0 unspecified atom stereocenters. The van der Waals surface area contributed by atoms with E-state index >= 15 is 0 Å². The Bertz CT molecular complexity index is 1380. The molecule has 5 rings (SSSR count). The zero-order valence-electron chi connectivity index (χ0n) is 15.2. The number of fused-ring (bicyclic) bond motifs is 2. The number of pyridine rings is 1. The number of aryl methyl sites for hydroxylation is 1. The SMILES string of the molecule is Cc1ccc(-c2nc3ccccc3o2)cc1-n1c(N)c2c(cc1=O)C(=O)NC2=O. The summed E-state index contributed by atoms with van der Waals surface area (Å²) in [5.41, 5.74) is 8.87. The first kappa shape index (κ1) is 16.9. The average molecular weight is 386 g/mol. The summed E-state index contributed by atoms with van der Waals surface area (Å²) in [6, 6.07) is 13.9. The number of aromatic nitrogens is 2. The highest BCUT2D eigenvalue weighted by Gasteiger charge is 2.32. The van der Waals surface area contributed by atoms with E-state index in [1.165, 1.54) is 4.57 Å². The largest absolute Gasteiger partial charge is 0.436 e. The van der Waals surface area contributed by atoms with Gasteiger partial charge in [0.2, 0.25) is 5.89 Å². The second-order valence-electron chi connectivity index (χ2n) is 6.76. The highest BCUT2D eigenvalue weighted by Crippen LogP contribution is 2.29. The van der Waals surface area contributed by atoms with Crippen LogP contribution in [0.3, 0.4) is 0 Å². The predicted octanol–water partition coefficient (Wildman–Crippen LogP) is 2.42. The third-order valence-corrected chi connectivity index (χ3v) is 4.94. The summed E-state index contributed by atoms with van der Waals surface area (Å²) in [6.07, 6.45) is 0. The molecule has 4 aromatic rings. The molecule has 0 atom stereocenters. The number of nitrogens with zero attached hydrogens (tertiary/aromatic N) is 2. The van der Waals surface area contributed by atoms with E-state index in [-0.39, 0.29) is 16.9 Å². The van der Waals surface area contributed by atoms with Crippen LogP contribution in [0.5, 0.6) is 0 Å². The molecule has 8 heteroatoms. The maximum atomic E-state index is 12.7. The van der Waals surface area contributed by atoms with Crippen molar-refractivity contribution in [3.63, 3.8) is 0 Å². The number of nitrogens with one attached hydrogen (secondary N) is 1. The van der Waals surface area contributed by atoms with Crippen molar-refractivity contribution < 1.29 is 14.0 Å². The molecule has 1 aliphatic rings. The van der Waals surface area contributed by atoms with Crippen LogP contribution in [0.25, 0.3) is 28.2 Å². The number of nitrogen functional groups attached to an aromatic ring is 1. The molecule has 0 fully saturated rings. The van der Waals surface area contributed by atoms with Crippen LogP contribution in [-0.2, 0) is 0 Å². The number of para-hydroxylation sites is 2. The van der Waals surface area contributed by atoms with Gasteiger partial charge >= 0.3 is 0 Å². The average Bonchev–Trinajstić information content (AvgIpc) is 3.24. The maximum Gasteiger partial charge on any atom is 0.262 e. The molecular formula is C21H14N4O4. The first-order valence-corrected chi connectivity index (χ1v) is 8.82. The normalized spacial score (nSPS) is 13.0. The molecule has 2 aromatic heterocycles. The van der Waals surface area contributed by atoms with Gasteiger partial charge in [0.1, 0.15) is 11.3 Å². The quantitative estimate of drug-likeness (QED) is 0.511. The summed E-state index contributed by atoms with van der Waals surface area (Å²) in [5, 5.41) is 2.16. The minimum atomic E-state index is -0.627. The number of anilines is 1. The second-order valence-corrected chi connectivity index (χ2v) is 6.76. The van der Waals surface area contributed by atoms with Crippen molar-refractivity contribution in [1.29, 1.82) is 0 Å². The minimum absolute atomic E-state index is 0.00117. The van der Waals surface area contributed by atoms with E-state index in [0.717, 1.165) is 11.6 Å². The van der Waals surface area contributed by atoms with Crippen LogP contribution >= 0.6 is 0 Å². The molecule has 0 bridgehead atoms. The number of hydrogen-bond donors (Lipinski definition) is 2. The van der Waals surface area contributed by atoms with E-state index < -0.39 is 17.4 Å². The van der Waals surface area contributed by atoms with Crippen molar-refractivity contribution in [2.45, 2.75) is 6.92 Å². The van der Waals surface area contributed by atoms with Crippen molar-refractivity contribution in [2.24, 2.45) is 0 Å². The lowest BCUT2D eigenvalue weighted by Gasteiger charge is -2.15. The van der Waals surface area contributed by atoms with Gasteiger partial charge in [-0.3, -0.25) is 24.3 Å². The van der Waals surface area contributed by atoms with E-state index in [0.29, 0.717) is 28.2 Å². The fourth-order valence-corrected chi connectivity index (χ4v) is 3.51. The van der Waals surface area contributed by atoms with E-state index in [4.69, 9.17) is 10.2 Å². The van der Waals surface area contributed by atoms with E-state index in [9.17, 15) is 14.4 Å². The van der Waals surface area contributed by atoms with Gasteiger partial charge in [-0.05, 0) is 36.8 Å². The summed E-state index contributed by atoms with van der Waals surface area (Å²) >= 11 is 0. The molecule has 0 aliphatic carbocycles. The molecule has 29 heavy (non-hydrogen) atoms. The molecule has 0 saturated heterocycles. The fraction of sp³-hybridized carbons (Fsp3) is 0.0476. The predicted molar refractivity (Wildman–Crippen MR) is 106 cm³/mol. The van der Waals surface area contributed by atoms with Crippen molar-refractivity contribution in [3.05, 3.63) is 75.6 Å². The van der Waals surface area contributed by atoms with Gasteiger partial charge in [-0.1, -0.05) is 18.2 Å². The molecular weight excluding hydrogens is 372 g/mol. The van der Waals surface area contributed by atoms with Crippen molar-refractivity contribution in [1.82, 2.24) is 14.9 Å².